The molecular formula is C21H19N3O2. The first-order valence-corrected chi connectivity index (χ1v) is 8.17. The Morgan fingerprint density at radius 1 is 0.769 bits per heavy atom. The van der Waals surface area contributed by atoms with E-state index in [0.717, 1.165) is 11.3 Å². The summed E-state index contributed by atoms with van der Waals surface area (Å²) >= 11 is 0. The fourth-order valence-corrected chi connectivity index (χ4v) is 2.53. The first-order chi connectivity index (χ1) is 12.5. The third-order valence-electron chi connectivity index (χ3n) is 3.92. The molecule has 3 rings (SSSR count). The van der Waals surface area contributed by atoms with Crippen LogP contribution in [-0.4, -0.2) is 11.8 Å². The summed E-state index contributed by atoms with van der Waals surface area (Å²) < 4.78 is 0. The van der Waals surface area contributed by atoms with E-state index in [1.807, 2.05) is 31.2 Å². The van der Waals surface area contributed by atoms with Gasteiger partial charge in [0.25, 0.3) is 11.8 Å². The van der Waals surface area contributed by atoms with Crippen LogP contribution < -0.4 is 16.4 Å². The summed E-state index contributed by atoms with van der Waals surface area (Å²) in [6.07, 6.45) is 0. The van der Waals surface area contributed by atoms with Gasteiger partial charge in [0.05, 0.1) is 0 Å². The summed E-state index contributed by atoms with van der Waals surface area (Å²) in [5.41, 5.74) is 9.41. The van der Waals surface area contributed by atoms with Crippen molar-refractivity contribution < 1.29 is 9.59 Å². The van der Waals surface area contributed by atoms with Gasteiger partial charge in [0, 0.05) is 28.2 Å². The van der Waals surface area contributed by atoms with Crippen molar-refractivity contribution in [3.05, 3.63) is 89.5 Å². The number of carbonyl (C=O) groups excluding carboxylic acids is 2. The lowest BCUT2D eigenvalue weighted by molar-refractivity contribution is 0.101. The largest absolute Gasteiger partial charge is 0.399 e. The highest BCUT2D eigenvalue weighted by molar-refractivity contribution is 6.07. The van der Waals surface area contributed by atoms with Crippen LogP contribution in [0.2, 0.25) is 0 Å². The predicted molar refractivity (Wildman–Crippen MR) is 104 cm³/mol. The molecule has 0 aliphatic heterocycles. The van der Waals surface area contributed by atoms with Crippen LogP contribution in [0.15, 0.2) is 72.8 Å². The van der Waals surface area contributed by atoms with Crippen molar-refractivity contribution in [3.63, 3.8) is 0 Å². The normalized spacial score (nSPS) is 10.2. The van der Waals surface area contributed by atoms with E-state index in [0.29, 0.717) is 22.5 Å². The minimum Gasteiger partial charge on any atom is -0.399 e. The molecule has 0 heterocycles. The summed E-state index contributed by atoms with van der Waals surface area (Å²) in [6, 6.07) is 21.1. The van der Waals surface area contributed by atoms with Gasteiger partial charge in [-0.15, -0.1) is 0 Å². The Morgan fingerprint density at radius 2 is 1.42 bits per heavy atom. The van der Waals surface area contributed by atoms with Crippen LogP contribution in [0.3, 0.4) is 0 Å². The molecule has 5 heteroatoms. The average Bonchev–Trinajstić information content (AvgIpc) is 2.64. The van der Waals surface area contributed by atoms with Crippen LogP contribution >= 0.6 is 0 Å². The van der Waals surface area contributed by atoms with E-state index in [9.17, 15) is 9.59 Å². The van der Waals surface area contributed by atoms with Gasteiger partial charge in [0.2, 0.25) is 0 Å². The minimum absolute atomic E-state index is 0.237. The van der Waals surface area contributed by atoms with Crippen molar-refractivity contribution in [2.75, 3.05) is 16.4 Å². The molecule has 0 radical (unpaired) electrons. The first kappa shape index (κ1) is 17.2. The molecule has 0 aliphatic carbocycles. The summed E-state index contributed by atoms with van der Waals surface area (Å²) in [7, 11) is 0. The number of amides is 2. The summed E-state index contributed by atoms with van der Waals surface area (Å²) in [5, 5.41) is 5.66. The van der Waals surface area contributed by atoms with Gasteiger partial charge in [-0.05, 0) is 55.0 Å². The highest BCUT2D eigenvalue weighted by Crippen LogP contribution is 2.17. The standard InChI is InChI=1S/C21H19N3O2/c1-14-6-2-3-11-19(14)24-21(26)16-8-5-10-18(13-16)23-20(25)15-7-4-9-17(22)12-15/h2-13H,22H2,1H3,(H,23,25)(H,24,26). The summed E-state index contributed by atoms with van der Waals surface area (Å²) in [6.45, 7) is 1.93. The number of nitrogens with two attached hydrogens (primary N) is 1. The van der Waals surface area contributed by atoms with Gasteiger partial charge in [-0.2, -0.15) is 0 Å². The Kier molecular flexibility index (Phi) is 4.99. The number of rotatable bonds is 4. The Labute approximate surface area is 151 Å². The molecule has 2 amide bonds. The highest BCUT2D eigenvalue weighted by atomic mass is 16.2. The quantitative estimate of drug-likeness (QED) is 0.623. The maximum absolute atomic E-state index is 12.5. The number of para-hydroxylation sites is 1. The molecule has 0 aromatic heterocycles. The van der Waals surface area contributed by atoms with E-state index in [4.69, 9.17) is 5.73 Å². The molecule has 130 valence electrons. The molecule has 3 aromatic rings. The van der Waals surface area contributed by atoms with Crippen molar-refractivity contribution >= 4 is 28.9 Å². The second kappa shape index (κ2) is 7.53. The molecule has 0 fully saturated rings. The predicted octanol–water partition coefficient (Wildman–Crippen LogP) is 4.08. The zero-order chi connectivity index (χ0) is 18.5. The molecular weight excluding hydrogens is 326 g/mol. The molecule has 0 spiro atoms. The molecule has 0 bridgehead atoms. The zero-order valence-electron chi connectivity index (χ0n) is 14.3. The van der Waals surface area contributed by atoms with Gasteiger partial charge >= 0.3 is 0 Å². The van der Waals surface area contributed by atoms with E-state index in [1.165, 1.54) is 0 Å². The lowest BCUT2D eigenvalue weighted by atomic mass is 10.1. The molecule has 4 N–H and O–H groups in total. The first-order valence-electron chi connectivity index (χ1n) is 8.17. The van der Waals surface area contributed by atoms with Crippen LogP contribution in [-0.2, 0) is 0 Å². The van der Waals surface area contributed by atoms with Gasteiger partial charge in [-0.1, -0.05) is 30.3 Å². The van der Waals surface area contributed by atoms with Gasteiger partial charge < -0.3 is 16.4 Å². The summed E-state index contributed by atoms with van der Waals surface area (Å²) in [4.78, 5) is 24.8. The lowest BCUT2D eigenvalue weighted by Gasteiger charge is -2.10. The molecule has 0 saturated carbocycles. The fraction of sp³-hybridized carbons (Fsp3) is 0.0476. The van der Waals surface area contributed by atoms with Gasteiger partial charge in [-0.3, -0.25) is 9.59 Å². The number of carbonyl (C=O) groups is 2. The second-order valence-electron chi connectivity index (χ2n) is 5.93. The number of nitrogen functional groups attached to an aromatic ring is 1. The van der Waals surface area contributed by atoms with Crippen LogP contribution in [0.25, 0.3) is 0 Å². The van der Waals surface area contributed by atoms with E-state index in [-0.39, 0.29) is 11.8 Å². The van der Waals surface area contributed by atoms with Crippen LogP contribution in [0.5, 0.6) is 0 Å². The molecule has 3 aromatic carbocycles. The zero-order valence-corrected chi connectivity index (χ0v) is 14.3. The molecule has 0 atom stereocenters. The summed E-state index contributed by atoms with van der Waals surface area (Å²) in [5.74, 6) is -0.520. The van der Waals surface area contributed by atoms with E-state index in [2.05, 4.69) is 10.6 Å². The van der Waals surface area contributed by atoms with Gasteiger partial charge in [-0.25, -0.2) is 0 Å². The van der Waals surface area contributed by atoms with E-state index in [1.54, 1.807) is 48.5 Å². The second-order valence-corrected chi connectivity index (χ2v) is 5.93. The minimum atomic E-state index is -0.284. The number of benzene rings is 3. The van der Waals surface area contributed by atoms with Crippen molar-refractivity contribution in [1.29, 1.82) is 0 Å². The fourth-order valence-electron chi connectivity index (χ4n) is 2.53. The Morgan fingerprint density at radius 3 is 2.15 bits per heavy atom. The van der Waals surface area contributed by atoms with Crippen molar-refractivity contribution in [3.8, 4) is 0 Å². The number of anilines is 3. The van der Waals surface area contributed by atoms with Crippen molar-refractivity contribution in [2.24, 2.45) is 0 Å². The number of hydrogen-bond acceptors (Lipinski definition) is 3. The number of hydrogen-bond donors (Lipinski definition) is 3. The van der Waals surface area contributed by atoms with Crippen molar-refractivity contribution in [1.82, 2.24) is 0 Å². The lowest BCUT2D eigenvalue weighted by Crippen LogP contribution is -2.15. The third-order valence-corrected chi connectivity index (χ3v) is 3.92. The monoisotopic (exact) mass is 345 g/mol. The van der Waals surface area contributed by atoms with Gasteiger partial charge in [0.1, 0.15) is 0 Å². The van der Waals surface area contributed by atoms with E-state index < -0.39 is 0 Å². The average molecular weight is 345 g/mol. The maximum atomic E-state index is 12.5. The Bertz CT molecular complexity index is 967. The Balaban J connectivity index is 1.74. The number of nitrogens with one attached hydrogen (secondary N) is 2. The van der Waals surface area contributed by atoms with E-state index >= 15 is 0 Å². The van der Waals surface area contributed by atoms with Crippen LogP contribution in [0, 0.1) is 6.92 Å². The molecule has 26 heavy (non-hydrogen) atoms. The van der Waals surface area contributed by atoms with Crippen LogP contribution in [0.4, 0.5) is 17.1 Å². The van der Waals surface area contributed by atoms with Gasteiger partial charge in [0.15, 0.2) is 0 Å². The highest BCUT2D eigenvalue weighted by Gasteiger charge is 2.10. The molecule has 0 saturated heterocycles. The smallest absolute Gasteiger partial charge is 0.255 e. The molecule has 0 aliphatic rings. The number of aryl methyl sites for hydroxylation is 1. The maximum Gasteiger partial charge on any atom is 0.255 e. The van der Waals surface area contributed by atoms with Crippen molar-refractivity contribution in [2.45, 2.75) is 6.92 Å². The molecule has 5 nitrogen and oxygen atoms in total. The SMILES string of the molecule is Cc1ccccc1NC(=O)c1cccc(NC(=O)c2cccc(N)c2)c1. The third kappa shape index (κ3) is 4.08. The Hall–Kier alpha value is -3.60. The molecule has 0 unspecified atom stereocenters. The topological polar surface area (TPSA) is 84.2 Å². The van der Waals surface area contributed by atoms with Crippen LogP contribution in [0.1, 0.15) is 26.3 Å².